The Hall–Kier alpha value is -3.53. The first-order valence-electron chi connectivity index (χ1n) is 13.1. The van der Waals surface area contributed by atoms with Gasteiger partial charge in [-0.05, 0) is 43.9 Å². The van der Waals surface area contributed by atoms with E-state index in [-0.39, 0.29) is 18.6 Å². The molecule has 1 spiro atoms. The minimum absolute atomic E-state index is 0.172. The van der Waals surface area contributed by atoms with Crippen molar-refractivity contribution in [3.8, 4) is 11.1 Å². The molecular weight excluding hydrogens is 480 g/mol. The Bertz CT molecular complexity index is 1520. The minimum Gasteiger partial charge on any atom is -0.389 e. The molecule has 2 N–H and O–H groups in total. The van der Waals surface area contributed by atoms with Crippen LogP contribution in [0.4, 0.5) is 0 Å². The quantitative estimate of drug-likeness (QED) is 0.435. The van der Waals surface area contributed by atoms with Gasteiger partial charge in [0.05, 0.1) is 23.9 Å². The molecule has 3 atom stereocenters. The molecule has 1 fully saturated rings. The number of carbonyl (C=O) groups is 1. The highest BCUT2D eigenvalue weighted by atomic mass is 16.5. The van der Waals surface area contributed by atoms with Crippen molar-refractivity contribution >= 4 is 11.6 Å². The molecule has 1 amide bonds. The zero-order valence-corrected chi connectivity index (χ0v) is 22.3. The lowest BCUT2D eigenvalue weighted by molar-refractivity contribution is -0.0140. The predicted octanol–water partition coefficient (Wildman–Crippen LogP) is 3.04. The van der Waals surface area contributed by atoms with E-state index in [4.69, 9.17) is 9.72 Å². The first-order valence-corrected chi connectivity index (χ1v) is 13.1. The lowest BCUT2D eigenvalue weighted by Gasteiger charge is -2.48. The van der Waals surface area contributed by atoms with E-state index in [1.54, 1.807) is 18.2 Å². The van der Waals surface area contributed by atoms with Gasteiger partial charge in [-0.3, -0.25) is 9.48 Å². The first-order chi connectivity index (χ1) is 18.3. The topological polar surface area (TPSA) is 96.9 Å². The van der Waals surface area contributed by atoms with Gasteiger partial charge in [0.15, 0.2) is 0 Å². The normalized spacial score (nSPS) is 22.1. The summed E-state index contributed by atoms with van der Waals surface area (Å²) in [6, 6.07) is 10.4. The highest BCUT2D eigenvalue weighted by Gasteiger charge is 2.45. The number of rotatable bonds is 4. The third-order valence-corrected chi connectivity index (χ3v) is 8.54. The number of aliphatic hydroxyl groups is 1. The summed E-state index contributed by atoms with van der Waals surface area (Å²) in [6.07, 6.45) is 6.17. The zero-order valence-electron chi connectivity index (χ0n) is 22.3. The largest absolute Gasteiger partial charge is 0.389 e. The number of imidazole rings is 1. The number of carbonyl (C=O) groups excluding carboxylic acids is 1. The Morgan fingerprint density at radius 3 is 2.76 bits per heavy atom. The predicted molar refractivity (Wildman–Crippen MR) is 144 cm³/mol. The van der Waals surface area contributed by atoms with Gasteiger partial charge in [-0.25, -0.2) is 4.98 Å². The Labute approximate surface area is 222 Å². The van der Waals surface area contributed by atoms with Crippen molar-refractivity contribution in [2.75, 3.05) is 20.2 Å². The van der Waals surface area contributed by atoms with Crippen molar-refractivity contribution in [1.82, 2.24) is 29.4 Å². The van der Waals surface area contributed by atoms with Gasteiger partial charge in [0.1, 0.15) is 11.3 Å². The van der Waals surface area contributed by atoms with Gasteiger partial charge in [-0.15, -0.1) is 0 Å². The number of hydrogen-bond donors (Lipinski definition) is 2. The summed E-state index contributed by atoms with van der Waals surface area (Å²) in [5.74, 6) is -0.172. The number of hydrogen-bond acceptors (Lipinski definition) is 6. The Morgan fingerprint density at radius 1 is 1.26 bits per heavy atom. The Morgan fingerprint density at radius 2 is 2.05 bits per heavy atom. The average molecular weight is 515 g/mol. The summed E-state index contributed by atoms with van der Waals surface area (Å²) in [6.45, 7) is 5.56. The number of aryl methyl sites for hydroxylation is 1. The number of aromatic nitrogens is 4. The molecular formula is C29H34N6O3. The maximum absolute atomic E-state index is 13.6. The maximum atomic E-state index is 13.6. The fraction of sp³-hybridized carbons (Fsp3) is 0.414. The molecule has 9 heteroatoms. The van der Waals surface area contributed by atoms with Crippen LogP contribution in [0.5, 0.6) is 0 Å². The molecule has 5 heterocycles. The second kappa shape index (κ2) is 9.34. The van der Waals surface area contributed by atoms with Gasteiger partial charge >= 0.3 is 0 Å². The second-order valence-electron chi connectivity index (χ2n) is 10.7. The summed E-state index contributed by atoms with van der Waals surface area (Å²) in [4.78, 5) is 20.1. The van der Waals surface area contributed by atoms with E-state index in [0.29, 0.717) is 24.3 Å². The van der Waals surface area contributed by atoms with Crippen molar-refractivity contribution in [2.24, 2.45) is 7.05 Å². The molecule has 9 nitrogen and oxygen atoms in total. The molecule has 1 aromatic carbocycles. The van der Waals surface area contributed by atoms with Gasteiger partial charge in [0.2, 0.25) is 0 Å². The number of aliphatic hydroxyl groups excluding tert-OH is 1. The van der Waals surface area contributed by atoms with Gasteiger partial charge in [-0.1, -0.05) is 24.3 Å². The number of methoxy groups -OCH3 is 1. The molecule has 6 rings (SSSR count). The van der Waals surface area contributed by atoms with Crippen molar-refractivity contribution in [3.05, 3.63) is 77.0 Å². The highest BCUT2D eigenvalue weighted by molar-refractivity contribution is 5.93. The molecule has 38 heavy (non-hydrogen) atoms. The number of fused-ring (bicyclic) bond motifs is 2. The highest BCUT2D eigenvalue weighted by Crippen LogP contribution is 2.33. The summed E-state index contributed by atoms with van der Waals surface area (Å²) in [5.41, 5.74) is 7.13. The molecule has 0 radical (unpaired) electrons. The lowest BCUT2D eigenvalue weighted by Crippen LogP contribution is -2.65. The summed E-state index contributed by atoms with van der Waals surface area (Å²) >= 11 is 0. The molecule has 2 aliphatic rings. The summed E-state index contributed by atoms with van der Waals surface area (Å²) in [5, 5.41) is 19.2. The Balaban J connectivity index is 1.28. The van der Waals surface area contributed by atoms with Crippen LogP contribution in [-0.4, -0.2) is 66.9 Å². The molecule has 0 unspecified atom stereocenters. The molecule has 4 aromatic rings. The third-order valence-electron chi connectivity index (χ3n) is 8.54. The van der Waals surface area contributed by atoms with E-state index >= 15 is 0 Å². The van der Waals surface area contributed by atoms with Crippen LogP contribution in [0.15, 0.2) is 48.9 Å². The molecule has 3 aromatic heterocycles. The van der Waals surface area contributed by atoms with E-state index in [0.717, 1.165) is 35.3 Å². The number of ether oxygens (including phenoxy) is 1. The maximum Gasteiger partial charge on any atom is 0.274 e. The van der Waals surface area contributed by atoms with E-state index < -0.39 is 11.6 Å². The number of piperidine rings is 1. The Kier molecular flexibility index (Phi) is 6.09. The monoisotopic (exact) mass is 514 g/mol. The number of β-amino-alcohol motifs (C(OH)–C–C–N with tert-alkyl or cyclic N) is 1. The summed E-state index contributed by atoms with van der Waals surface area (Å²) in [7, 11) is 3.59. The van der Waals surface area contributed by atoms with Crippen molar-refractivity contribution in [1.29, 1.82) is 0 Å². The number of pyridine rings is 1. The van der Waals surface area contributed by atoms with Crippen LogP contribution in [-0.2, 0) is 24.8 Å². The standard InChI is InChI=1S/C29H34N6O3/c1-18-24(14-31-33(18)3)22-11-23(19(2)38-4)27-32-25(16-35(27)15-22)28(37)34-10-9-29(26(36)17-34)12-20-7-5-6-8-21(20)13-30-29/h5-8,11,14-16,19,26,30,36H,9-10,12-13,17H2,1-4H3/t19-,26-,29+/m1/s1. The number of amides is 1. The summed E-state index contributed by atoms with van der Waals surface area (Å²) < 4.78 is 9.40. The van der Waals surface area contributed by atoms with Crippen LogP contribution in [0.3, 0.4) is 0 Å². The third kappa shape index (κ3) is 4.02. The minimum atomic E-state index is -0.671. The molecule has 0 aliphatic carbocycles. The van der Waals surface area contributed by atoms with E-state index in [9.17, 15) is 9.90 Å². The van der Waals surface area contributed by atoms with Crippen molar-refractivity contribution < 1.29 is 14.6 Å². The van der Waals surface area contributed by atoms with Gasteiger partial charge in [0, 0.05) is 68.6 Å². The van der Waals surface area contributed by atoms with Crippen LogP contribution in [0, 0.1) is 6.92 Å². The SMILES string of the molecule is CO[C@H](C)c1cc(-c2cnn(C)c2C)cn2cc(C(=O)N3CC[C@]4(Cc5ccccc5CN4)[C@H](O)C3)nc12. The number of likely N-dealkylation sites (tertiary alicyclic amines) is 1. The number of benzene rings is 1. The van der Waals surface area contributed by atoms with Gasteiger partial charge in [-0.2, -0.15) is 5.10 Å². The van der Waals surface area contributed by atoms with Crippen molar-refractivity contribution in [2.45, 2.75) is 51.0 Å². The fourth-order valence-corrected chi connectivity index (χ4v) is 5.89. The smallest absolute Gasteiger partial charge is 0.274 e. The molecule has 2 aliphatic heterocycles. The lowest BCUT2D eigenvalue weighted by atomic mass is 9.76. The zero-order chi connectivity index (χ0) is 26.6. The molecule has 1 saturated heterocycles. The van der Waals surface area contributed by atoms with Crippen LogP contribution in [0.25, 0.3) is 16.8 Å². The van der Waals surface area contributed by atoms with E-state index in [1.807, 2.05) is 54.5 Å². The van der Waals surface area contributed by atoms with Crippen LogP contribution in [0.2, 0.25) is 0 Å². The van der Waals surface area contributed by atoms with Crippen LogP contribution >= 0.6 is 0 Å². The molecule has 0 saturated carbocycles. The van der Waals surface area contributed by atoms with E-state index in [1.165, 1.54) is 11.1 Å². The molecule has 198 valence electrons. The number of nitrogens with one attached hydrogen (secondary N) is 1. The first kappa shape index (κ1) is 24.8. The number of nitrogens with zero attached hydrogens (tertiary/aromatic N) is 5. The average Bonchev–Trinajstić information content (AvgIpc) is 3.51. The second-order valence-corrected chi connectivity index (χ2v) is 10.7. The molecule has 0 bridgehead atoms. The van der Waals surface area contributed by atoms with Crippen LogP contribution < -0.4 is 5.32 Å². The van der Waals surface area contributed by atoms with Crippen LogP contribution in [0.1, 0.15) is 52.3 Å². The van der Waals surface area contributed by atoms with Gasteiger partial charge in [0.25, 0.3) is 5.91 Å². The van der Waals surface area contributed by atoms with Crippen molar-refractivity contribution in [3.63, 3.8) is 0 Å². The fourth-order valence-electron chi connectivity index (χ4n) is 5.89. The van der Waals surface area contributed by atoms with Gasteiger partial charge < -0.3 is 24.5 Å². The van der Waals surface area contributed by atoms with E-state index in [2.05, 4.69) is 28.6 Å².